The van der Waals surface area contributed by atoms with Crippen LogP contribution in [0.1, 0.15) is 0 Å². The molecular weight excluding hydrogens is 236 g/mol. The quantitative estimate of drug-likeness (QED) is 0.619. The van der Waals surface area contributed by atoms with E-state index in [1.165, 1.54) is 0 Å². The molecule has 0 heterocycles. The lowest BCUT2D eigenvalue weighted by Gasteiger charge is -2.09. The van der Waals surface area contributed by atoms with E-state index in [-0.39, 0.29) is 0 Å². The predicted molar refractivity (Wildman–Crippen MR) is 74.3 cm³/mol. The second-order valence-electron chi connectivity index (χ2n) is 3.24. The van der Waals surface area contributed by atoms with Crippen molar-refractivity contribution in [3.05, 3.63) is 47.6 Å². The molecule has 0 radical (unpaired) electrons. The number of ether oxygens (including phenoxy) is 1. The second kappa shape index (κ2) is 6.76. The summed E-state index contributed by atoms with van der Waals surface area (Å²) in [6.45, 7) is 7.36. The summed E-state index contributed by atoms with van der Waals surface area (Å²) in [5.74, 6) is 0.608. The molecule has 0 spiro atoms. The van der Waals surface area contributed by atoms with Gasteiger partial charge in [0, 0.05) is 18.8 Å². The Bertz CT molecular complexity index is 441. The van der Waals surface area contributed by atoms with Gasteiger partial charge in [0.25, 0.3) is 0 Å². The van der Waals surface area contributed by atoms with Crippen molar-refractivity contribution in [2.75, 3.05) is 19.0 Å². The van der Waals surface area contributed by atoms with Crippen LogP contribution in [0.5, 0.6) is 5.75 Å². The molecular formula is C13H15ClN2O. The Morgan fingerprint density at radius 1 is 1.59 bits per heavy atom. The predicted octanol–water partition coefficient (Wildman–Crippen LogP) is 3.53. The number of halogens is 1. The topological polar surface area (TPSA) is 33.6 Å². The smallest absolute Gasteiger partial charge is 0.140 e. The van der Waals surface area contributed by atoms with Gasteiger partial charge >= 0.3 is 0 Å². The summed E-state index contributed by atoms with van der Waals surface area (Å²) in [7, 11) is 1.83. The first kappa shape index (κ1) is 13.3. The molecule has 0 bridgehead atoms. The number of aliphatic imine (C=N–C) groups is 1. The zero-order valence-electron chi connectivity index (χ0n) is 9.74. The highest BCUT2D eigenvalue weighted by Gasteiger charge is 2.03. The van der Waals surface area contributed by atoms with Crippen LogP contribution in [0, 0.1) is 0 Å². The fourth-order valence-corrected chi connectivity index (χ4v) is 1.38. The summed E-state index contributed by atoms with van der Waals surface area (Å²) >= 11 is 6.02. The normalized spacial score (nSPS) is 10.8. The molecule has 0 aliphatic carbocycles. The number of hydrogen-bond donors (Lipinski definition) is 1. The first-order valence-corrected chi connectivity index (χ1v) is 5.47. The number of anilines is 1. The molecule has 0 unspecified atom stereocenters. The number of rotatable bonds is 6. The summed E-state index contributed by atoms with van der Waals surface area (Å²) in [4.78, 5) is 3.82. The van der Waals surface area contributed by atoms with Crippen LogP contribution in [0.15, 0.2) is 47.6 Å². The summed E-state index contributed by atoms with van der Waals surface area (Å²) in [5.41, 5.74) is 1.64. The highest BCUT2D eigenvalue weighted by Crippen LogP contribution is 2.28. The molecule has 0 saturated heterocycles. The molecule has 1 aromatic rings. The van der Waals surface area contributed by atoms with Gasteiger partial charge in [-0.15, -0.1) is 0 Å². The molecule has 0 fully saturated rings. The van der Waals surface area contributed by atoms with E-state index in [0.29, 0.717) is 23.1 Å². The van der Waals surface area contributed by atoms with Crippen molar-refractivity contribution in [1.29, 1.82) is 0 Å². The van der Waals surface area contributed by atoms with Gasteiger partial charge in [-0.2, -0.15) is 0 Å². The first-order valence-electron chi connectivity index (χ1n) is 5.09. The fourth-order valence-electron chi connectivity index (χ4n) is 1.20. The Kier molecular flexibility index (Phi) is 5.30. The van der Waals surface area contributed by atoms with Crippen LogP contribution in [0.25, 0.3) is 0 Å². The zero-order chi connectivity index (χ0) is 12.7. The zero-order valence-corrected chi connectivity index (χ0v) is 10.5. The summed E-state index contributed by atoms with van der Waals surface area (Å²) < 4.78 is 5.56. The van der Waals surface area contributed by atoms with E-state index in [1.807, 2.05) is 19.2 Å². The van der Waals surface area contributed by atoms with Gasteiger partial charge < -0.3 is 10.1 Å². The van der Waals surface area contributed by atoms with E-state index in [1.54, 1.807) is 18.2 Å². The SMILES string of the molecule is C=C/C=C(/COc1cc(NC)ccc1Cl)N=C. The maximum atomic E-state index is 6.02. The Morgan fingerprint density at radius 3 is 2.94 bits per heavy atom. The molecule has 4 heteroatoms. The molecule has 0 aliphatic rings. The van der Waals surface area contributed by atoms with Crippen molar-refractivity contribution in [3.63, 3.8) is 0 Å². The van der Waals surface area contributed by atoms with E-state index in [0.717, 1.165) is 5.69 Å². The molecule has 1 aromatic carbocycles. The monoisotopic (exact) mass is 250 g/mol. The van der Waals surface area contributed by atoms with Gasteiger partial charge in [0.05, 0.1) is 10.7 Å². The molecule has 0 amide bonds. The molecule has 0 saturated carbocycles. The Hall–Kier alpha value is -1.74. The lowest BCUT2D eigenvalue weighted by molar-refractivity contribution is 0.351. The Morgan fingerprint density at radius 2 is 2.35 bits per heavy atom. The fraction of sp³-hybridized carbons (Fsp3) is 0.154. The van der Waals surface area contributed by atoms with Crippen LogP contribution in [-0.2, 0) is 0 Å². The second-order valence-corrected chi connectivity index (χ2v) is 3.64. The summed E-state index contributed by atoms with van der Waals surface area (Å²) in [6, 6.07) is 5.49. The van der Waals surface area contributed by atoms with Crippen LogP contribution < -0.4 is 10.1 Å². The summed E-state index contributed by atoms with van der Waals surface area (Å²) in [6.07, 6.45) is 3.38. The molecule has 0 aromatic heterocycles. The van der Waals surface area contributed by atoms with Crippen molar-refractivity contribution in [2.45, 2.75) is 0 Å². The van der Waals surface area contributed by atoms with Crippen molar-refractivity contribution < 1.29 is 4.74 Å². The van der Waals surface area contributed by atoms with E-state index < -0.39 is 0 Å². The Balaban J connectivity index is 2.77. The molecule has 90 valence electrons. The van der Waals surface area contributed by atoms with E-state index >= 15 is 0 Å². The average molecular weight is 251 g/mol. The maximum Gasteiger partial charge on any atom is 0.140 e. The molecule has 0 aliphatic heterocycles. The van der Waals surface area contributed by atoms with Gasteiger partial charge in [0.15, 0.2) is 0 Å². The maximum absolute atomic E-state index is 6.02. The molecule has 0 atom stereocenters. The molecule has 17 heavy (non-hydrogen) atoms. The highest BCUT2D eigenvalue weighted by atomic mass is 35.5. The minimum atomic E-state index is 0.308. The van der Waals surface area contributed by atoms with E-state index in [2.05, 4.69) is 23.6 Å². The number of nitrogens with one attached hydrogen (secondary N) is 1. The lowest BCUT2D eigenvalue weighted by Crippen LogP contribution is -2.00. The number of hydrogen-bond acceptors (Lipinski definition) is 3. The first-order chi connectivity index (χ1) is 8.21. The lowest BCUT2D eigenvalue weighted by atomic mass is 10.3. The molecule has 1 rings (SSSR count). The van der Waals surface area contributed by atoms with Gasteiger partial charge in [0.1, 0.15) is 12.4 Å². The largest absolute Gasteiger partial charge is 0.486 e. The standard InChI is InChI=1S/C13H15ClN2O/c1-4-5-11(16-3)9-17-13-8-10(15-2)6-7-12(13)14/h4-8,15H,1,3,9H2,2H3/b11-5-. The van der Waals surface area contributed by atoms with Crippen LogP contribution in [0.4, 0.5) is 5.69 Å². The molecule has 1 N–H and O–H groups in total. The van der Waals surface area contributed by atoms with Crippen molar-refractivity contribution in [3.8, 4) is 5.75 Å². The highest BCUT2D eigenvalue weighted by molar-refractivity contribution is 6.32. The molecule has 3 nitrogen and oxygen atoms in total. The van der Waals surface area contributed by atoms with Gasteiger partial charge in [-0.25, -0.2) is 0 Å². The van der Waals surface area contributed by atoms with Crippen LogP contribution in [0.2, 0.25) is 5.02 Å². The van der Waals surface area contributed by atoms with Gasteiger partial charge in [0.2, 0.25) is 0 Å². The average Bonchev–Trinajstić information content (AvgIpc) is 2.36. The third kappa shape index (κ3) is 3.96. The van der Waals surface area contributed by atoms with Crippen molar-refractivity contribution in [1.82, 2.24) is 0 Å². The minimum Gasteiger partial charge on any atom is -0.486 e. The van der Waals surface area contributed by atoms with Gasteiger partial charge in [-0.1, -0.05) is 24.3 Å². The van der Waals surface area contributed by atoms with Gasteiger partial charge in [-0.3, -0.25) is 4.99 Å². The number of benzene rings is 1. The van der Waals surface area contributed by atoms with Crippen LogP contribution in [0.3, 0.4) is 0 Å². The number of allylic oxidation sites excluding steroid dienone is 2. The van der Waals surface area contributed by atoms with E-state index in [4.69, 9.17) is 16.3 Å². The van der Waals surface area contributed by atoms with Gasteiger partial charge in [-0.05, 0) is 24.9 Å². The van der Waals surface area contributed by atoms with Crippen LogP contribution >= 0.6 is 11.6 Å². The number of nitrogens with zero attached hydrogens (tertiary/aromatic N) is 1. The minimum absolute atomic E-state index is 0.308. The Labute approximate surface area is 106 Å². The van der Waals surface area contributed by atoms with Crippen molar-refractivity contribution >= 4 is 24.0 Å². The summed E-state index contributed by atoms with van der Waals surface area (Å²) in [5, 5.41) is 3.58. The van der Waals surface area contributed by atoms with E-state index in [9.17, 15) is 0 Å². The van der Waals surface area contributed by atoms with Crippen LogP contribution in [-0.4, -0.2) is 20.4 Å². The third-order valence-electron chi connectivity index (χ3n) is 2.11. The van der Waals surface area contributed by atoms with Crippen molar-refractivity contribution in [2.24, 2.45) is 4.99 Å². The third-order valence-corrected chi connectivity index (χ3v) is 2.42.